The van der Waals surface area contributed by atoms with Gasteiger partial charge in [-0.3, -0.25) is 4.79 Å². The van der Waals surface area contributed by atoms with Gasteiger partial charge in [0.05, 0.1) is 10.9 Å². The van der Waals surface area contributed by atoms with Crippen molar-refractivity contribution in [3.05, 3.63) is 41.0 Å². The second-order valence-corrected chi connectivity index (χ2v) is 10.3. The number of fused-ring (bicyclic) bond motifs is 1. The van der Waals surface area contributed by atoms with Gasteiger partial charge in [0, 0.05) is 37.1 Å². The molecule has 1 aromatic carbocycles. The molecule has 1 unspecified atom stereocenters. The highest BCUT2D eigenvalue weighted by Crippen LogP contribution is 2.37. The van der Waals surface area contributed by atoms with Gasteiger partial charge in [0.1, 0.15) is 5.82 Å². The lowest BCUT2D eigenvalue weighted by atomic mass is 9.96. The summed E-state index contributed by atoms with van der Waals surface area (Å²) < 4.78 is 0. The van der Waals surface area contributed by atoms with Gasteiger partial charge in [0.2, 0.25) is 5.91 Å². The highest BCUT2D eigenvalue weighted by atomic mass is 35.5. The van der Waals surface area contributed by atoms with Crippen molar-refractivity contribution >= 4 is 29.0 Å². The van der Waals surface area contributed by atoms with Crippen LogP contribution in [-0.2, 0) is 11.2 Å². The molecule has 0 saturated carbocycles. The monoisotopic (exact) mass is 467 g/mol. The Labute approximate surface area is 201 Å². The SMILES string of the molecule is CN1CCC(CN2CCc3ccc(-c4cc(NC(=O)C5CCCNC5)ncc4Cl)cc32)CC1. The van der Waals surface area contributed by atoms with Gasteiger partial charge in [0.15, 0.2) is 0 Å². The quantitative estimate of drug-likeness (QED) is 0.694. The number of carbonyl (C=O) groups is 1. The smallest absolute Gasteiger partial charge is 0.229 e. The van der Waals surface area contributed by atoms with Gasteiger partial charge in [-0.05, 0) is 88.0 Å². The van der Waals surface area contributed by atoms with Gasteiger partial charge in [-0.1, -0.05) is 23.7 Å². The molecule has 4 heterocycles. The zero-order chi connectivity index (χ0) is 22.8. The first-order chi connectivity index (χ1) is 16.1. The molecule has 1 amide bonds. The maximum absolute atomic E-state index is 12.7. The van der Waals surface area contributed by atoms with Crippen LogP contribution in [0, 0.1) is 11.8 Å². The van der Waals surface area contributed by atoms with E-state index < -0.39 is 0 Å². The lowest BCUT2D eigenvalue weighted by Gasteiger charge is -2.32. The van der Waals surface area contributed by atoms with E-state index in [1.54, 1.807) is 6.20 Å². The average Bonchev–Trinajstić information content (AvgIpc) is 3.24. The Kier molecular flexibility index (Phi) is 6.86. The number of aromatic nitrogens is 1. The Morgan fingerprint density at radius 2 is 2.06 bits per heavy atom. The van der Waals surface area contributed by atoms with E-state index in [2.05, 4.69) is 50.7 Å². The highest BCUT2D eigenvalue weighted by molar-refractivity contribution is 6.33. The Bertz CT molecular complexity index is 998. The predicted molar refractivity (Wildman–Crippen MR) is 135 cm³/mol. The number of amides is 1. The molecule has 1 aromatic heterocycles. The van der Waals surface area contributed by atoms with Crippen molar-refractivity contribution in [1.82, 2.24) is 15.2 Å². The molecular weight excluding hydrogens is 434 g/mol. The number of pyridine rings is 1. The molecule has 0 radical (unpaired) electrons. The van der Waals surface area contributed by atoms with Crippen molar-refractivity contribution in [2.45, 2.75) is 32.1 Å². The van der Waals surface area contributed by atoms with E-state index >= 15 is 0 Å². The summed E-state index contributed by atoms with van der Waals surface area (Å²) in [6.07, 6.45) is 7.24. The maximum Gasteiger partial charge on any atom is 0.229 e. The van der Waals surface area contributed by atoms with E-state index in [4.69, 9.17) is 11.6 Å². The van der Waals surface area contributed by atoms with Crippen molar-refractivity contribution in [3.8, 4) is 11.1 Å². The van der Waals surface area contributed by atoms with Gasteiger partial charge < -0.3 is 20.4 Å². The summed E-state index contributed by atoms with van der Waals surface area (Å²) in [5, 5.41) is 6.91. The van der Waals surface area contributed by atoms with Gasteiger partial charge in [-0.2, -0.15) is 0 Å². The molecule has 176 valence electrons. The van der Waals surface area contributed by atoms with E-state index in [0.717, 1.165) is 62.5 Å². The number of hydrogen-bond acceptors (Lipinski definition) is 5. The molecule has 2 fully saturated rings. The molecule has 1 atom stereocenters. The van der Waals surface area contributed by atoms with Crippen LogP contribution in [0.15, 0.2) is 30.5 Å². The summed E-state index contributed by atoms with van der Waals surface area (Å²) in [4.78, 5) is 22.0. The molecule has 0 spiro atoms. The summed E-state index contributed by atoms with van der Waals surface area (Å²) in [5.41, 5.74) is 4.73. The Hall–Kier alpha value is -2.15. The van der Waals surface area contributed by atoms with Gasteiger partial charge in [-0.25, -0.2) is 4.98 Å². The Morgan fingerprint density at radius 3 is 2.85 bits per heavy atom. The minimum Gasteiger partial charge on any atom is -0.371 e. The molecular formula is C26H34ClN5O. The third-order valence-electron chi connectivity index (χ3n) is 7.48. The van der Waals surface area contributed by atoms with Crippen LogP contribution in [-0.4, -0.2) is 62.1 Å². The third kappa shape index (κ3) is 5.18. The summed E-state index contributed by atoms with van der Waals surface area (Å²) >= 11 is 6.57. The Morgan fingerprint density at radius 1 is 1.21 bits per heavy atom. The summed E-state index contributed by atoms with van der Waals surface area (Å²) in [7, 11) is 2.22. The van der Waals surface area contributed by atoms with Gasteiger partial charge in [0.25, 0.3) is 0 Å². The van der Waals surface area contributed by atoms with Crippen LogP contribution in [0.2, 0.25) is 5.02 Å². The van der Waals surface area contributed by atoms with Crippen LogP contribution < -0.4 is 15.5 Å². The van der Waals surface area contributed by atoms with Crippen molar-refractivity contribution < 1.29 is 4.79 Å². The normalized spacial score (nSPS) is 21.8. The van der Waals surface area contributed by atoms with Crippen LogP contribution >= 0.6 is 11.6 Å². The minimum atomic E-state index is -0.00666. The zero-order valence-electron chi connectivity index (χ0n) is 19.4. The number of halogens is 1. The summed E-state index contributed by atoms with van der Waals surface area (Å²) in [6.45, 7) is 6.33. The third-order valence-corrected chi connectivity index (χ3v) is 7.78. The molecule has 5 rings (SSSR count). The van der Waals surface area contributed by atoms with Crippen molar-refractivity contribution in [2.24, 2.45) is 11.8 Å². The lowest BCUT2D eigenvalue weighted by molar-refractivity contribution is -0.120. The van der Waals surface area contributed by atoms with Crippen LogP contribution in [0.1, 0.15) is 31.2 Å². The van der Waals surface area contributed by atoms with E-state index in [1.807, 2.05) is 6.07 Å². The first kappa shape index (κ1) is 22.6. The average molecular weight is 468 g/mol. The van der Waals surface area contributed by atoms with E-state index in [1.165, 1.54) is 37.2 Å². The number of hydrogen-bond donors (Lipinski definition) is 2. The van der Waals surface area contributed by atoms with Crippen molar-refractivity contribution in [1.29, 1.82) is 0 Å². The topological polar surface area (TPSA) is 60.5 Å². The number of anilines is 2. The molecule has 6 nitrogen and oxygen atoms in total. The number of nitrogens with zero attached hydrogens (tertiary/aromatic N) is 3. The van der Waals surface area contributed by atoms with Crippen molar-refractivity contribution in [3.63, 3.8) is 0 Å². The van der Waals surface area contributed by atoms with Crippen LogP contribution in [0.25, 0.3) is 11.1 Å². The zero-order valence-corrected chi connectivity index (χ0v) is 20.2. The molecule has 3 aliphatic heterocycles. The molecule has 2 aromatic rings. The lowest BCUT2D eigenvalue weighted by Crippen LogP contribution is -2.37. The van der Waals surface area contributed by atoms with Crippen LogP contribution in [0.5, 0.6) is 0 Å². The van der Waals surface area contributed by atoms with Crippen LogP contribution in [0.3, 0.4) is 0 Å². The van der Waals surface area contributed by atoms with E-state index in [-0.39, 0.29) is 11.8 Å². The van der Waals surface area contributed by atoms with E-state index in [9.17, 15) is 4.79 Å². The number of likely N-dealkylation sites (tertiary alicyclic amines) is 1. The molecule has 2 N–H and O–H groups in total. The van der Waals surface area contributed by atoms with Gasteiger partial charge >= 0.3 is 0 Å². The summed E-state index contributed by atoms with van der Waals surface area (Å²) in [6, 6.07) is 8.57. The number of nitrogens with one attached hydrogen (secondary N) is 2. The van der Waals surface area contributed by atoms with Gasteiger partial charge in [-0.15, -0.1) is 0 Å². The molecule has 3 aliphatic rings. The largest absolute Gasteiger partial charge is 0.371 e. The second kappa shape index (κ2) is 10.00. The summed E-state index contributed by atoms with van der Waals surface area (Å²) in [5.74, 6) is 1.35. The molecule has 0 bridgehead atoms. The molecule has 0 aliphatic carbocycles. The second-order valence-electron chi connectivity index (χ2n) is 9.87. The highest BCUT2D eigenvalue weighted by Gasteiger charge is 2.25. The molecule has 33 heavy (non-hydrogen) atoms. The molecule has 7 heteroatoms. The first-order valence-corrected chi connectivity index (χ1v) is 12.7. The van der Waals surface area contributed by atoms with Crippen LogP contribution in [0.4, 0.5) is 11.5 Å². The van der Waals surface area contributed by atoms with Crippen molar-refractivity contribution in [2.75, 3.05) is 56.5 Å². The standard InChI is InChI=1S/C26H34ClN5O/c1-31-10-6-18(7-11-31)17-32-12-8-19-4-5-20(13-24(19)32)22-14-25(29-16-23(22)27)30-26(33)21-3-2-9-28-15-21/h4-5,13-14,16,18,21,28H,2-3,6-12,15,17H2,1H3,(H,29,30,33). The Balaban J connectivity index is 1.33. The number of rotatable bonds is 5. The first-order valence-electron chi connectivity index (χ1n) is 12.3. The fourth-order valence-corrected chi connectivity index (χ4v) is 5.60. The van der Waals surface area contributed by atoms with E-state index in [0.29, 0.717) is 10.8 Å². The number of piperidine rings is 2. The number of benzene rings is 1. The molecule has 2 saturated heterocycles. The minimum absolute atomic E-state index is 0.00666. The fraction of sp³-hybridized carbons (Fsp3) is 0.538. The number of carbonyl (C=O) groups excluding carboxylic acids is 1. The fourth-order valence-electron chi connectivity index (χ4n) is 5.39. The predicted octanol–water partition coefficient (Wildman–Crippen LogP) is 4.04. The maximum atomic E-state index is 12.7.